The van der Waals surface area contributed by atoms with E-state index in [9.17, 15) is 0 Å². The maximum absolute atomic E-state index is 6.52. The number of fused-ring (bicyclic) bond motifs is 8. The molecule has 7 aromatic rings. The Bertz CT molecular complexity index is 2660. The van der Waals surface area contributed by atoms with Crippen molar-refractivity contribution < 1.29 is 18.9 Å². The highest BCUT2D eigenvalue weighted by Crippen LogP contribution is 2.50. The second kappa shape index (κ2) is 19.4. The van der Waals surface area contributed by atoms with Gasteiger partial charge in [0.1, 0.15) is 24.4 Å². The Balaban J connectivity index is 1.52. The predicted molar refractivity (Wildman–Crippen MR) is 278 cm³/mol. The van der Waals surface area contributed by atoms with Gasteiger partial charge in [0.2, 0.25) is 0 Å². The van der Waals surface area contributed by atoms with Crippen molar-refractivity contribution in [1.82, 2.24) is 19.9 Å². The van der Waals surface area contributed by atoms with Crippen LogP contribution in [0.15, 0.2) is 121 Å². The van der Waals surface area contributed by atoms with Gasteiger partial charge >= 0.3 is 0 Å². The molecular formula is C60H66N4O4. The van der Waals surface area contributed by atoms with E-state index in [1.807, 2.05) is 0 Å². The molecule has 68 heavy (non-hydrogen) atoms. The number of hydrogen-bond acceptors (Lipinski definition) is 6. The molecule has 0 radical (unpaired) electrons. The molecule has 0 amide bonds. The molecule has 0 saturated carbocycles. The van der Waals surface area contributed by atoms with Crippen molar-refractivity contribution in [3.05, 3.63) is 166 Å². The molecule has 0 saturated heterocycles. The summed E-state index contributed by atoms with van der Waals surface area (Å²) in [7, 11) is 7.01. The summed E-state index contributed by atoms with van der Waals surface area (Å²) in [5.74, 6) is 1.49. The highest BCUT2D eigenvalue weighted by Gasteiger charge is 2.40. The quantitative estimate of drug-likeness (QED) is 0.127. The molecule has 5 heterocycles. The minimum Gasteiger partial charge on any atom is -0.372 e. The maximum Gasteiger partial charge on any atom is 0.132 e. The summed E-state index contributed by atoms with van der Waals surface area (Å²) >= 11 is 0. The summed E-state index contributed by atoms with van der Waals surface area (Å²) in [6.07, 6.45) is -2.16. The molecule has 2 aliphatic rings. The lowest BCUT2D eigenvalue weighted by molar-refractivity contribution is -0.0325. The SMILES string of the molecule is CO[C@@H]1c2nc(c(-c3ccc(C(C)C)cc3)c3ccc([nH]3)c(-c3ccc(C(C)C)cc3)c3nc(c(-c4ccc(C(C)C)cc4)c4ccc([nH]4)c2-c2ccc(C(C)C)cc2)[C@H](OC)[C@@H]3OC)[C@@H]1OC. The molecule has 0 spiro atoms. The fraction of sp³-hybridized carbons (Fsp3) is 0.333. The van der Waals surface area contributed by atoms with Crippen LogP contribution in [0.25, 0.3) is 66.6 Å². The van der Waals surface area contributed by atoms with Crippen LogP contribution in [0, 0.1) is 0 Å². The Morgan fingerprint density at radius 2 is 0.500 bits per heavy atom. The van der Waals surface area contributed by atoms with E-state index in [0.717, 1.165) is 89.4 Å². The van der Waals surface area contributed by atoms with Crippen LogP contribution in [0.3, 0.4) is 0 Å². The molecule has 0 aliphatic carbocycles. The normalized spacial score (nSPS) is 17.3. The van der Waals surface area contributed by atoms with E-state index in [0.29, 0.717) is 23.7 Å². The second-order valence-corrected chi connectivity index (χ2v) is 19.6. The molecular weight excluding hydrogens is 841 g/mol. The number of nitrogens with zero attached hydrogens (tertiary/aromatic N) is 2. The molecule has 8 bridgehead atoms. The molecule has 350 valence electrons. The monoisotopic (exact) mass is 907 g/mol. The number of H-pyrrole nitrogens is 2. The van der Waals surface area contributed by atoms with Crippen LogP contribution in [0.4, 0.5) is 0 Å². The fourth-order valence-electron chi connectivity index (χ4n) is 10.1. The number of methoxy groups -OCH3 is 4. The molecule has 4 atom stereocenters. The number of aromatic nitrogens is 4. The molecule has 4 aromatic carbocycles. The van der Waals surface area contributed by atoms with Crippen LogP contribution in [0.5, 0.6) is 0 Å². The Hall–Kier alpha value is -6.16. The smallest absolute Gasteiger partial charge is 0.132 e. The van der Waals surface area contributed by atoms with Crippen molar-refractivity contribution in [3.63, 3.8) is 0 Å². The molecule has 0 unspecified atom stereocenters. The number of aromatic amines is 2. The Kier molecular flexibility index (Phi) is 13.4. The van der Waals surface area contributed by atoms with Gasteiger partial charge in [-0.15, -0.1) is 0 Å². The van der Waals surface area contributed by atoms with Gasteiger partial charge in [-0.05, 0) is 92.4 Å². The summed E-state index contributed by atoms with van der Waals surface area (Å²) in [6, 6.07) is 44.0. The van der Waals surface area contributed by atoms with Crippen molar-refractivity contribution in [2.45, 2.75) is 103 Å². The average molecular weight is 907 g/mol. The highest BCUT2D eigenvalue weighted by molar-refractivity contribution is 5.92. The minimum atomic E-state index is -0.540. The van der Waals surface area contributed by atoms with Gasteiger partial charge in [0, 0.05) is 72.8 Å². The van der Waals surface area contributed by atoms with Gasteiger partial charge in [0.15, 0.2) is 0 Å². The maximum atomic E-state index is 6.52. The topological polar surface area (TPSA) is 94.3 Å². The zero-order chi connectivity index (χ0) is 48.0. The minimum absolute atomic E-state index is 0.372. The Morgan fingerprint density at radius 1 is 0.309 bits per heavy atom. The number of ether oxygens (including phenoxy) is 4. The van der Waals surface area contributed by atoms with Crippen LogP contribution in [0.2, 0.25) is 0 Å². The third-order valence-electron chi connectivity index (χ3n) is 14.1. The Labute approximate surface area is 402 Å². The average Bonchev–Trinajstić information content (AvgIpc) is 4.16. The fourth-order valence-corrected chi connectivity index (χ4v) is 10.1. The first-order valence-corrected chi connectivity index (χ1v) is 24.2. The zero-order valence-electron chi connectivity index (χ0n) is 41.7. The van der Waals surface area contributed by atoms with Crippen molar-refractivity contribution in [1.29, 1.82) is 0 Å². The summed E-state index contributed by atoms with van der Waals surface area (Å²) < 4.78 is 26.1. The summed E-state index contributed by atoms with van der Waals surface area (Å²) in [4.78, 5) is 19.3. The molecule has 2 N–H and O–H groups in total. The van der Waals surface area contributed by atoms with E-state index in [4.69, 9.17) is 28.9 Å². The van der Waals surface area contributed by atoms with Gasteiger partial charge in [-0.25, -0.2) is 0 Å². The van der Waals surface area contributed by atoms with Gasteiger partial charge in [-0.3, -0.25) is 9.97 Å². The van der Waals surface area contributed by atoms with Crippen molar-refractivity contribution in [3.8, 4) is 44.5 Å². The molecule has 0 fully saturated rings. The number of benzene rings is 4. The van der Waals surface area contributed by atoms with E-state index in [2.05, 4.69) is 187 Å². The van der Waals surface area contributed by atoms with Gasteiger partial charge in [-0.1, -0.05) is 152 Å². The van der Waals surface area contributed by atoms with Crippen LogP contribution in [-0.2, 0) is 18.9 Å². The van der Waals surface area contributed by atoms with E-state index in [1.54, 1.807) is 28.4 Å². The van der Waals surface area contributed by atoms with E-state index in [-0.39, 0.29) is 0 Å². The van der Waals surface area contributed by atoms with Gasteiger partial charge < -0.3 is 28.9 Å². The standard InChI is InChI=1S/C60H66N4O4/c1-33(2)37-13-21-41(22-14-37)49-45-29-30-46(61-45)50(42-23-15-38(16-24-42)34(3)4)55-59(67-11)60(68-12)56(64-55)52(44-27-19-40(20-28-44)36(7)8)48-32-31-47(62-48)51(43-25-17-39(18-26-43)35(5)6)54-58(66-10)57(65-9)53(49)63-54/h13-36,57-62H,1-12H3/t57-,58+,59+,60-. The first-order valence-electron chi connectivity index (χ1n) is 24.2. The van der Waals surface area contributed by atoms with Gasteiger partial charge in [0.05, 0.1) is 22.8 Å². The largest absolute Gasteiger partial charge is 0.372 e. The van der Waals surface area contributed by atoms with Crippen molar-refractivity contribution in [2.75, 3.05) is 28.4 Å². The van der Waals surface area contributed by atoms with Crippen LogP contribution in [0.1, 0.15) is 149 Å². The highest BCUT2D eigenvalue weighted by atomic mass is 16.5. The van der Waals surface area contributed by atoms with Crippen LogP contribution >= 0.6 is 0 Å². The van der Waals surface area contributed by atoms with Crippen molar-refractivity contribution >= 4 is 22.1 Å². The lowest BCUT2D eigenvalue weighted by Gasteiger charge is -2.21. The lowest BCUT2D eigenvalue weighted by atomic mass is 9.94. The van der Waals surface area contributed by atoms with Gasteiger partial charge in [0.25, 0.3) is 0 Å². The lowest BCUT2D eigenvalue weighted by Crippen LogP contribution is -2.11. The first kappa shape index (κ1) is 46.9. The van der Waals surface area contributed by atoms with Crippen LogP contribution in [-0.4, -0.2) is 48.4 Å². The number of nitrogens with one attached hydrogen (secondary N) is 2. The zero-order valence-corrected chi connectivity index (χ0v) is 41.7. The molecule has 9 rings (SSSR count). The first-order chi connectivity index (χ1) is 32.8. The number of rotatable bonds is 12. The van der Waals surface area contributed by atoms with Crippen LogP contribution < -0.4 is 0 Å². The summed E-state index contributed by atoms with van der Waals surface area (Å²) in [6.45, 7) is 17.8. The van der Waals surface area contributed by atoms with E-state index >= 15 is 0 Å². The van der Waals surface area contributed by atoms with E-state index in [1.165, 1.54) is 22.3 Å². The second-order valence-electron chi connectivity index (χ2n) is 19.6. The number of hydrogen-bond donors (Lipinski definition) is 2. The third-order valence-corrected chi connectivity index (χ3v) is 14.1. The summed E-state index contributed by atoms with van der Waals surface area (Å²) in [5, 5.41) is 0. The molecule has 8 nitrogen and oxygen atoms in total. The van der Waals surface area contributed by atoms with E-state index < -0.39 is 24.4 Å². The molecule has 8 heteroatoms. The van der Waals surface area contributed by atoms with Gasteiger partial charge in [-0.2, -0.15) is 0 Å². The molecule has 2 aliphatic heterocycles. The Morgan fingerprint density at radius 3 is 0.662 bits per heavy atom. The predicted octanol–water partition coefficient (Wildman–Crippen LogP) is 15.6. The third kappa shape index (κ3) is 8.53. The van der Waals surface area contributed by atoms with Crippen molar-refractivity contribution in [2.24, 2.45) is 0 Å². The summed E-state index contributed by atoms with van der Waals surface area (Å²) in [5.41, 5.74) is 19.5. The molecule has 3 aromatic heterocycles.